The Kier molecular flexibility index (Phi) is 5.25. The van der Waals surface area contributed by atoms with Crippen molar-refractivity contribution in [2.24, 2.45) is 0 Å². The minimum Gasteiger partial charge on any atom is -0.300 e. The number of rotatable bonds is 5. The summed E-state index contributed by atoms with van der Waals surface area (Å²) in [5.74, 6) is 0.148. The third kappa shape index (κ3) is 3.62. The zero-order valence-electron chi connectivity index (χ0n) is 14.9. The predicted octanol–water partition coefficient (Wildman–Crippen LogP) is 3.89. The van der Waals surface area contributed by atoms with Gasteiger partial charge in [-0.3, -0.25) is 10.3 Å². The molecule has 0 saturated carbocycles. The van der Waals surface area contributed by atoms with Crippen LogP contribution in [0.25, 0.3) is 0 Å². The minimum atomic E-state index is -3.35. The lowest BCUT2D eigenvalue weighted by atomic mass is 9.88. The molecule has 2 heterocycles. The highest BCUT2D eigenvalue weighted by Crippen LogP contribution is 2.37. The molecule has 25 heavy (non-hydrogen) atoms. The lowest BCUT2D eigenvalue weighted by molar-refractivity contribution is 0.295. The molecule has 0 aliphatic carbocycles. The second-order valence-electron chi connectivity index (χ2n) is 6.89. The van der Waals surface area contributed by atoms with E-state index >= 15 is 0 Å². The van der Waals surface area contributed by atoms with Crippen LogP contribution in [0.1, 0.15) is 56.7 Å². The van der Waals surface area contributed by atoms with Crippen molar-refractivity contribution in [1.29, 1.82) is 0 Å². The van der Waals surface area contributed by atoms with Gasteiger partial charge in [-0.15, -0.1) is 0 Å². The summed E-state index contributed by atoms with van der Waals surface area (Å²) in [5.41, 5.74) is 1.47. The van der Waals surface area contributed by atoms with E-state index in [0.717, 1.165) is 36.8 Å². The summed E-state index contributed by atoms with van der Waals surface area (Å²) in [4.78, 5) is 4.56. The first-order valence-corrected chi connectivity index (χ1v) is 10.7. The number of benzene rings is 1. The monoisotopic (exact) mass is 358 g/mol. The van der Waals surface area contributed by atoms with E-state index in [9.17, 15) is 8.42 Å². The first kappa shape index (κ1) is 18.1. The van der Waals surface area contributed by atoms with Crippen LogP contribution < -0.4 is 5.32 Å². The fourth-order valence-corrected chi connectivity index (χ4v) is 5.87. The van der Waals surface area contributed by atoms with Crippen LogP contribution >= 0.6 is 0 Å². The molecule has 3 rings (SSSR count). The lowest BCUT2D eigenvalue weighted by Gasteiger charge is -2.35. The first-order chi connectivity index (χ1) is 12.0. The summed E-state index contributed by atoms with van der Waals surface area (Å²) in [6, 6.07) is 11.2. The van der Waals surface area contributed by atoms with Gasteiger partial charge in [-0.05, 0) is 42.2 Å². The molecule has 1 aromatic carbocycles. The molecule has 2 atom stereocenters. The number of hydrogen-bond donors (Lipinski definition) is 1. The van der Waals surface area contributed by atoms with E-state index < -0.39 is 15.4 Å². The number of pyridine rings is 1. The Morgan fingerprint density at radius 3 is 2.56 bits per heavy atom. The van der Waals surface area contributed by atoms with Crippen LogP contribution in [0, 0.1) is 0 Å². The maximum Gasteiger partial charge on any atom is 0.180 e. The van der Waals surface area contributed by atoms with Crippen LogP contribution in [-0.4, -0.2) is 24.7 Å². The van der Waals surface area contributed by atoms with Crippen molar-refractivity contribution < 1.29 is 8.42 Å². The summed E-state index contributed by atoms with van der Waals surface area (Å²) in [6.07, 6.45) is 7.22. The van der Waals surface area contributed by atoms with Gasteiger partial charge in [-0.1, -0.05) is 44.9 Å². The van der Waals surface area contributed by atoms with E-state index in [1.807, 2.05) is 30.3 Å². The van der Waals surface area contributed by atoms with E-state index in [1.54, 1.807) is 18.5 Å². The Morgan fingerprint density at radius 1 is 1.16 bits per heavy atom. The van der Waals surface area contributed by atoms with E-state index in [-0.39, 0.29) is 11.8 Å². The van der Waals surface area contributed by atoms with Gasteiger partial charge < -0.3 is 0 Å². The summed E-state index contributed by atoms with van der Waals surface area (Å²) in [6.45, 7) is 4.22. The standard InChI is InChI=1S/C20H26N2O2S/c1-3-5-12-20(4-2)15-25(23,24)18-9-7-6-8-17(18)19(22-20)16-10-13-21-14-11-16/h6-11,13-14,19,22H,3-5,12,15H2,1-2H3. The molecule has 5 heteroatoms. The Labute approximate surface area is 150 Å². The lowest BCUT2D eigenvalue weighted by Crippen LogP contribution is -2.50. The van der Waals surface area contributed by atoms with E-state index in [2.05, 4.69) is 24.1 Å². The van der Waals surface area contributed by atoms with Crippen molar-refractivity contribution in [2.45, 2.75) is 56.0 Å². The maximum atomic E-state index is 13.2. The van der Waals surface area contributed by atoms with E-state index in [1.165, 1.54) is 0 Å². The molecule has 0 radical (unpaired) electrons. The van der Waals surface area contributed by atoms with Gasteiger partial charge in [-0.25, -0.2) is 8.42 Å². The van der Waals surface area contributed by atoms with Crippen LogP contribution in [0.5, 0.6) is 0 Å². The second-order valence-corrected chi connectivity index (χ2v) is 8.85. The number of nitrogens with one attached hydrogen (secondary N) is 1. The predicted molar refractivity (Wildman–Crippen MR) is 100 cm³/mol. The molecule has 1 aliphatic heterocycles. The molecule has 0 amide bonds. The van der Waals surface area contributed by atoms with Gasteiger partial charge in [-0.2, -0.15) is 0 Å². The van der Waals surface area contributed by atoms with E-state index in [0.29, 0.717) is 4.90 Å². The zero-order chi connectivity index (χ0) is 17.9. The van der Waals surface area contributed by atoms with Crippen LogP contribution in [0.2, 0.25) is 0 Å². The average Bonchev–Trinajstić information content (AvgIpc) is 2.74. The van der Waals surface area contributed by atoms with Gasteiger partial charge in [0.05, 0.1) is 16.7 Å². The maximum absolute atomic E-state index is 13.2. The largest absolute Gasteiger partial charge is 0.300 e. The van der Waals surface area contributed by atoms with Crippen molar-refractivity contribution in [3.8, 4) is 0 Å². The number of sulfone groups is 1. The Balaban J connectivity index is 2.17. The summed E-state index contributed by atoms with van der Waals surface area (Å²) < 4.78 is 26.3. The van der Waals surface area contributed by atoms with Crippen LogP contribution in [0.3, 0.4) is 0 Å². The normalized spacial score (nSPS) is 25.1. The summed E-state index contributed by atoms with van der Waals surface area (Å²) >= 11 is 0. The second kappa shape index (κ2) is 7.26. The van der Waals surface area contributed by atoms with Crippen molar-refractivity contribution in [3.05, 3.63) is 59.9 Å². The molecule has 2 aromatic rings. The Bertz CT molecular complexity index is 821. The van der Waals surface area contributed by atoms with Gasteiger partial charge >= 0.3 is 0 Å². The SMILES string of the molecule is CCCCC1(CC)CS(=O)(=O)c2ccccc2C(c2ccncc2)N1. The molecule has 1 aromatic heterocycles. The molecule has 4 nitrogen and oxygen atoms in total. The quantitative estimate of drug-likeness (QED) is 0.881. The number of aromatic nitrogens is 1. The van der Waals surface area contributed by atoms with Crippen molar-refractivity contribution in [3.63, 3.8) is 0 Å². The smallest absolute Gasteiger partial charge is 0.180 e. The zero-order valence-corrected chi connectivity index (χ0v) is 15.7. The van der Waals surface area contributed by atoms with Crippen molar-refractivity contribution in [2.75, 3.05) is 5.75 Å². The first-order valence-electron chi connectivity index (χ1n) is 9.00. The number of nitrogens with zero attached hydrogens (tertiary/aromatic N) is 1. The molecule has 0 fully saturated rings. The molecule has 1 N–H and O–H groups in total. The molecule has 0 spiro atoms. The fourth-order valence-electron chi connectivity index (χ4n) is 3.73. The molecule has 1 aliphatic rings. The summed E-state index contributed by atoms with van der Waals surface area (Å²) in [7, 11) is -3.35. The highest BCUT2D eigenvalue weighted by Gasteiger charge is 2.41. The van der Waals surface area contributed by atoms with Gasteiger partial charge in [0.15, 0.2) is 9.84 Å². The highest BCUT2D eigenvalue weighted by molar-refractivity contribution is 7.91. The Morgan fingerprint density at radius 2 is 1.88 bits per heavy atom. The number of unbranched alkanes of at least 4 members (excludes halogenated alkanes) is 1. The number of fused-ring (bicyclic) bond motifs is 1. The van der Waals surface area contributed by atoms with Crippen LogP contribution in [0.15, 0.2) is 53.7 Å². The molecule has 134 valence electrons. The topological polar surface area (TPSA) is 59.1 Å². The highest BCUT2D eigenvalue weighted by atomic mass is 32.2. The molecule has 2 unspecified atom stereocenters. The van der Waals surface area contributed by atoms with Crippen LogP contribution in [-0.2, 0) is 9.84 Å². The molecule has 0 saturated heterocycles. The third-order valence-corrected chi connectivity index (χ3v) is 7.18. The minimum absolute atomic E-state index is 0.145. The number of hydrogen-bond acceptors (Lipinski definition) is 4. The average molecular weight is 359 g/mol. The van der Waals surface area contributed by atoms with Crippen molar-refractivity contribution >= 4 is 9.84 Å². The third-order valence-electron chi connectivity index (χ3n) is 5.21. The van der Waals surface area contributed by atoms with E-state index in [4.69, 9.17) is 0 Å². The van der Waals surface area contributed by atoms with Gasteiger partial charge in [0.1, 0.15) is 0 Å². The summed E-state index contributed by atoms with van der Waals surface area (Å²) in [5, 5.41) is 3.74. The molecular formula is C20H26N2O2S. The Hall–Kier alpha value is -1.72. The van der Waals surface area contributed by atoms with Gasteiger partial charge in [0, 0.05) is 17.9 Å². The van der Waals surface area contributed by atoms with Crippen molar-refractivity contribution in [1.82, 2.24) is 10.3 Å². The molecular weight excluding hydrogens is 332 g/mol. The van der Waals surface area contributed by atoms with Gasteiger partial charge in [0.25, 0.3) is 0 Å². The van der Waals surface area contributed by atoms with Gasteiger partial charge in [0.2, 0.25) is 0 Å². The molecule has 0 bridgehead atoms. The fraction of sp³-hybridized carbons (Fsp3) is 0.450. The van der Waals surface area contributed by atoms with Crippen LogP contribution in [0.4, 0.5) is 0 Å².